The van der Waals surface area contributed by atoms with Gasteiger partial charge in [-0.05, 0) is 79.1 Å². The van der Waals surface area contributed by atoms with Gasteiger partial charge >= 0.3 is 12.1 Å². The smallest absolute Gasteiger partial charge is 0.409 e. The third kappa shape index (κ3) is 7.88. The summed E-state index contributed by atoms with van der Waals surface area (Å²) in [5.74, 6) is -1.61. The zero-order valence-electron chi connectivity index (χ0n) is 29.6. The number of ether oxygens (including phenoxy) is 3. The number of allylic oxidation sites excluding steroid dienone is 3. The minimum Gasteiger partial charge on any atom is -0.457 e. The number of fused-ring (bicyclic) bond motifs is 5. The first-order valence-corrected chi connectivity index (χ1v) is 16.8. The molecule has 11 heteroatoms. The molecule has 4 rings (SSSR count). The summed E-state index contributed by atoms with van der Waals surface area (Å²) in [6.45, 7) is 17.2. The summed E-state index contributed by atoms with van der Waals surface area (Å²) in [6.07, 6.45) is 3.37. The third-order valence-electron chi connectivity index (χ3n) is 10.3. The molecule has 0 saturated carbocycles. The van der Waals surface area contributed by atoms with E-state index < -0.39 is 59.6 Å². The van der Waals surface area contributed by atoms with E-state index in [1.165, 1.54) is 4.90 Å². The zero-order chi connectivity index (χ0) is 35.2. The number of nitrogens with zero attached hydrogens (tertiary/aromatic N) is 2. The number of amides is 2. The third-order valence-corrected chi connectivity index (χ3v) is 10.8. The van der Waals surface area contributed by atoms with Crippen LogP contribution in [0.1, 0.15) is 79.4 Å². The lowest BCUT2D eigenvalue weighted by atomic mass is 9.82. The van der Waals surface area contributed by atoms with Crippen LogP contribution >= 0.6 is 11.6 Å². The Morgan fingerprint density at radius 3 is 2.53 bits per heavy atom. The molecule has 1 aromatic carbocycles. The van der Waals surface area contributed by atoms with Crippen molar-refractivity contribution in [3.63, 3.8) is 0 Å². The second-order valence-corrected chi connectivity index (χ2v) is 15.3. The predicted octanol–water partition coefficient (Wildman–Crippen LogP) is 5.71. The summed E-state index contributed by atoms with van der Waals surface area (Å²) in [5, 5.41) is 14.7. The van der Waals surface area contributed by atoms with E-state index in [9.17, 15) is 19.5 Å². The number of anilines is 1. The summed E-state index contributed by atoms with van der Waals surface area (Å²) >= 11 is 6.76. The number of rotatable bonds is 3. The first-order valence-electron chi connectivity index (χ1n) is 16.4. The van der Waals surface area contributed by atoms with Gasteiger partial charge in [-0.25, -0.2) is 4.79 Å². The number of epoxide rings is 1. The summed E-state index contributed by atoms with van der Waals surface area (Å²) in [7, 11) is 3.52. The van der Waals surface area contributed by atoms with Gasteiger partial charge in [-0.15, -0.1) is 0 Å². The van der Waals surface area contributed by atoms with Gasteiger partial charge in [0, 0.05) is 30.8 Å². The predicted molar refractivity (Wildman–Crippen MR) is 182 cm³/mol. The Bertz CT molecular complexity index is 1450. The number of hydrogen-bond acceptors (Lipinski definition) is 8. The molecule has 0 spiro atoms. The zero-order valence-corrected chi connectivity index (χ0v) is 30.4. The van der Waals surface area contributed by atoms with Gasteiger partial charge in [0.05, 0.1) is 23.2 Å². The number of carbonyl (C=O) groups excluding carboxylic acids is 3. The fourth-order valence-electron chi connectivity index (χ4n) is 6.52. The number of carbonyl (C=O) groups is 3. The van der Waals surface area contributed by atoms with Crippen molar-refractivity contribution < 1.29 is 33.7 Å². The minimum atomic E-state index is -1.56. The molecule has 2 N–H and O–H groups in total. The van der Waals surface area contributed by atoms with Crippen LogP contribution in [0.15, 0.2) is 35.9 Å². The van der Waals surface area contributed by atoms with Crippen LogP contribution in [0.5, 0.6) is 0 Å². The first-order chi connectivity index (χ1) is 21.7. The van der Waals surface area contributed by atoms with E-state index in [0.717, 1.165) is 16.7 Å². The molecule has 0 aromatic heterocycles. The molecule has 2 fully saturated rings. The molecule has 260 valence electrons. The number of likely N-dealkylation sites (N-methyl/N-ethyl adjacent to an activating group) is 1. The molecule has 1 aromatic rings. The van der Waals surface area contributed by atoms with E-state index in [0.29, 0.717) is 17.1 Å². The van der Waals surface area contributed by atoms with E-state index in [-0.39, 0.29) is 24.3 Å². The number of aryl methyl sites for hydroxylation is 1. The fourth-order valence-corrected chi connectivity index (χ4v) is 6.76. The molecule has 3 heterocycles. The van der Waals surface area contributed by atoms with Gasteiger partial charge in [0.2, 0.25) is 5.91 Å². The molecule has 47 heavy (non-hydrogen) atoms. The second kappa shape index (κ2) is 13.5. The van der Waals surface area contributed by atoms with Crippen molar-refractivity contribution >= 4 is 35.3 Å². The number of benzene rings is 1. The highest BCUT2D eigenvalue weighted by molar-refractivity contribution is 6.34. The number of alkyl carbamates (subject to hydrolysis) is 1. The van der Waals surface area contributed by atoms with Gasteiger partial charge in [-0.2, -0.15) is 0 Å². The highest BCUT2D eigenvalue weighted by atomic mass is 35.5. The van der Waals surface area contributed by atoms with Crippen molar-refractivity contribution in [2.45, 2.75) is 123 Å². The van der Waals surface area contributed by atoms with Gasteiger partial charge in [-0.3, -0.25) is 19.8 Å². The second-order valence-electron chi connectivity index (χ2n) is 14.9. The molecule has 10 nitrogen and oxygen atoms in total. The Morgan fingerprint density at radius 1 is 1.23 bits per heavy atom. The molecular formula is C36H52ClN3O7. The number of hydrogen-bond donors (Lipinski definition) is 2. The molecule has 0 radical (unpaired) electrons. The minimum absolute atomic E-state index is 0.118. The molecule has 2 saturated heterocycles. The number of halogens is 1. The van der Waals surface area contributed by atoms with Crippen LogP contribution in [0, 0.1) is 18.8 Å². The lowest BCUT2D eigenvalue weighted by molar-refractivity contribution is -0.160. The van der Waals surface area contributed by atoms with E-state index in [4.69, 9.17) is 25.8 Å². The summed E-state index contributed by atoms with van der Waals surface area (Å²) in [5.41, 5.74) is 0.500. The van der Waals surface area contributed by atoms with Gasteiger partial charge in [0.1, 0.15) is 29.6 Å². The van der Waals surface area contributed by atoms with Crippen molar-refractivity contribution in [3.8, 4) is 0 Å². The standard InChI is InChI=1S/C36H52ClN3O7/c1-20-13-12-14-22(3)36(44)19-27(45-33(43)38-36)23(4)31-35(9,47-31)28(46-32(42)24(5)40(11)34(6,7)8)18-29(41)39(10)26-17-25(15-20)16-21(2)30(26)37/h12-14,16-17,22-24,27-28,31,44H,15,18-19H2,1-11H3,(H,38,43)/b14-12+,20-13+/t22-,23-,24+,27?,28+,31+,35+,36+/m1/s1. The highest BCUT2D eigenvalue weighted by Crippen LogP contribution is 2.49. The molecule has 1 unspecified atom stereocenters. The monoisotopic (exact) mass is 673 g/mol. The van der Waals surface area contributed by atoms with Gasteiger partial charge in [0.15, 0.2) is 0 Å². The first kappa shape index (κ1) is 36.9. The lowest BCUT2D eigenvalue weighted by Gasteiger charge is -2.41. The normalized spacial score (nSPS) is 34.4. The van der Waals surface area contributed by atoms with Crippen molar-refractivity contribution in [3.05, 3.63) is 52.1 Å². The quantitative estimate of drug-likeness (QED) is 0.309. The van der Waals surface area contributed by atoms with Crippen LogP contribution in [0.3, 0.4) is 0 Å². The lowest BCUT2D eigenvalue weighted by Crippen LogP contribution is -2.60. The van der Waals surface area contributed by atoms with Crippen molar-refractivity contribution in [1.82, 2.24) is 10.2 Å². The molecule has 4 bridgehead atoms. The van der Waals surface area contributed by atoms with Gasteiger partial charge < -0.3 is 24.2 Å². The molecule has 3 aliphatic rings. The topological polar surface area (TPSA) is 121 Å². The van der Waals surface area contributed by atoms with Gasteiger partial charge in [-0.1, -0.05) is 55.3 Å². The van der Waals surface area contributed by atoms with E-state index in [1.807, 2.05) is 97.7 Å². The van der Waals surface area contributed by atoms with Crippen LogP contribution in [-0.4, -0.2) is 83.3 Å². The van der Waals surface area contributed by atoms with Crippen LogP contribution in [0.25, 0.3) is 0 Å². The molecule has 2 amide bonds. The van der Waals surface area contributed by atoms with Crippen LogP contribution in [-0.2, 0) is 30.2 Å². The largest absolute Gasteiger partial charge is 0.457 e. The molecular weight excluding hydrogens is 622 g/mol. The maximum atomic E-state index is 14.0. The number of esters is 1. The highest BCUT2D eigenvalue weighted by Gasteiger charge is 2.64. The Labute approximate surface area is 284 Å². The summed E-state index contributed by atoms with van der Waals surface area (Å²) in [6, 6.07) is 3.31. The Balaban J connectivity index is 1.76. The molecule has 8 atom stereocenters. The van der Waals surface area contributed by atoms with E-state index in [2.05, 4.69) is 5.32 Å². The van der Waals surface area contributed by atoms with Crippen LogP contribution in [0.4, 0.5) is 10.5 Å². The molecule has 3 aliphatic heterocycles. The average Bonchev–Trinajstić information content (AvgIpc) is 3.67. The van der Waals surface area contributed by atoms with E-state index >= 15 is 0 Å². The Hall–Kier alpha value is -2.92. The Morgan fingerprint density at radius 2 is 1.89 bits per heavy atom. The summed E-state index contributed by atoms with van der Waals surface area (Å²) < 4.78 is 18.1. The van der Waals surface area contributed by atoms with Crippen molar-refractivity contribution in [2.24, 2.45) is 11.8 Å². The molecule has 0 aliphatic carbocycles. The van der Waals surface area contributed by atoms with E-state index in [1.54, 1.807) is 14.0 Å². The van der Waals surface area contributed by atoms with Crippen LogP contribution < -0.4 is 10.2 Å². The maximum Gasteiger partial charge on any atom is 0.409 e. The fraction of sp³-hybridized carbons (Fsp3) is 0.639. The Kier molecular flexibility index (Phi) is 10.6. The maximum absolute atomic E-state index is 14.0. The average molecular weight is 674 g/mol. The van der Waals surface area contributed by atoms with Crippen LogP contribution in [0.2, 0.25) is 5.02 Å². The SMILES string of the molecule is C/C1=C\C=C\[C@@H](C)[C@@]2(O)CC(OC(=O)N2)[C@@H](C)[C@@H]2O[C@@]2(C)[C@@H](OC(=O)[C@H](C)N(C)C(C)(C)C)CC(=O)N(C)c2cc(cc(C)c2Cl)C1. The van der Waals surface area contributed by atoms with Gasteiger partial charge in [0.25, 0.3) is 0 Å². The number of aliphatic hydroxyl groups is 1. The van der Waals surface area contributed by atoms with Crippen molar-refractivity contribution in [2.75, 3.05) is 19.0 Å². The summed E-state index contributed by atoms with van der Waals surface area (Å²) in [4.78, 5) is 43.8. The van der Waals surface area contributed by atoms with Crippen molar-refractivity contribution in [1.29, 1.82) is 0 Å². The number of nitrogens with one attached hydrogen (secondary N) is 1.